The van der Waals surface area contributed by atoms with Crippen LogP contribution in [-0.2, 0) is 21.2 Å². The molecule has 2 aromatic rings. The van der Waals surface area contributed by atoms with Gasteiger partial charge in [0.2, 0.25) is 5.91 Å². The summed E-state index contributed by atoms with van der Waals surface area (Å²) in [7, 11) is -2.07. The van der Waals surface area contributed by atoms with Crippen molar-refractivity contribution in [2.24, 2.45) is 0 Å². The van der Waals surface area contributed by atoms with Gasteiger partial charge in [-0.1, -0.05) is 43.7 Å². The number of nitrogens with one attached hydrogen (secondary N) is 1. The number of hydrogen-bond donors (Lipinski definition) is 1. The van der Waals surface area contributed by atoms with Crippen LogP contribution in [0.15, 0.2) is 59.5 Å². The molecule has 0 unspecified atom stereocenters. The van der Waals surface area contributed by atoms with Crippen LogP contribution in [0.5, 0.6) is 0 Å². The van der Waals surface area contributed by atoms with Crippen LogP contribution >= 0.6 is 0 Å². The van der Waals surface area contributed by atoms with Crippen LogP contribution in [0.25, 0.3) is 0 Å². The average molecular weight is 375 g/mol. The molecule has 0 spiro atoms. The second kappa shape index (κ2) is 8.85. The second-order valence-corrected chi connectivity index (χ2v) is 8.36. The van der Waals surface area contributed by atoms with E-state index in [1.54, 1.807) is 54.6 Å². The highest BCUT2D eigenvalue weighted by Crippen LogP contribution is 2.22. The minimum atomic E-state index is -3.60. The first kappa shape index (κ1) is 20.0. The Labute approximate surface area is 156 Å². The zero-order chi connectivity index (χ0) is 19.2. The summed E-state index contributed by atoms with van der Waals surface area (Å²) in [6.45, 7) is 4.08. The van der Waals surface area contributed by atoms with Crippen molar-refractivity contribution >= 4 is 21.6 Å². The first-order valence-corrected chi connectivity index (χ1v) is 10.2. The Morgan fingerprint density at radius 3 is 2.27 bits per heavy atom. The average Bonchev–Trinajstić information content (AvgIpc) is 2.62. The monoisotopic (exact) mass is 374 g/mol. The van der Waals surface area contributed by atoms with Crippen LogP contribution in [0, 0.1) is 0 Å². The molecule has 0 fully saturated rings. The third-order valence-corrected chi connectivity index (χ3v) is 6.00. The van der Waals surface area contributed by atoms with E-state index in [-0.39, 0.29) is 23.3 Å². The van der Waals surface area contributed by atoms with Gasteiger partial charge in [-0.05, 0) is 43.2 Å². The third-order valence-electron chi connectivity index (χ3n) is 4.20. The lowest BCUT2D eigenvalue weighted by Crippen LogP contribution is -2.33. The maximum atomic E-state index is 12.6. The van der Waals surface area contributed by atoms with Crippen molar-refractivity contribution in [3.05, 3.63) is 60.2 Å². The lowest BCUT2D eigenvalue weighted by Gasteiger charge is -2.20. The Bertz CT molecular complexity index is 818. The summed E-state index contributed by atoms with van der Waals surface area (Å²) in [6, 6.07) is 15.5. The molecule has 0 heterocycles. The summed E-state index contributed by atoms with van der Waals surface area (Å²) in [6.07, 6.45) is 2.26. The molecule has 0 saturated heterocycles. The van der Waals surface area contributed by atoms with Crippen LogP contribution in [0.1, 0.15) is 32.3 Å². The Hall–Kier alpha value is -2.34. The number of carbonyl (C=O) groups is 1. The molecule has 1 atom stereocenters. The number of rotatable bonds is 8. The first-order chi connectivity index (χ1) is 12.3. The molecule has 6 heteroatoms. The van der Waals surface area contributed by atoms with E-state index in [1.807, 2.05) is 6.92 Å². The predicted octanol–water partition coefficient (Wildman–Crippen LogP) is 3.36. The lowest BCUT2D eigenvalue weighted by molar-refractivity contribution is -0.121. The van der Waals surface area contributed by atoms with Crippen molar-refractivity contribution < 1.29 is 13.2 Å². The fourth-order valence-electron chi connectivity index (χ4n) is 2.73. The van der Waals surface area contributed by atoms with E-state index in [4.69, 9.17) is 0 Å². The fraction of sp³-hybridized carbons (Fsp3) is 0.350. The molecule has 5 nitrogen and oxygen atoms in total. The Morgan fingerprint density at radius 1 is 1.08 bits per heavy atom. The number of benzene rings is 2. The van der Waals surface area contributed by atoms with E-state index in [9.17, 15) is 13.2 Å². The SMILES string of the molecule is CCC[C@H](C)NC(=O)Cc1ccc(N(C)S(=O)(=O)c2ccccc2)cc1. The van der Waals surface area contributed by atoms with Gasteiger partial charge in [-0.15, -0.1) is 0 Å². The lowest BCUT2D eigenvalue weighted by atomic mass is 10.1. The van der Waals surface area contributed by atoms with E-state index in [0.717, 1.165) is 18.4 Å². The van der Waals surface area contributed by atoms with E-state index >= 15 is 0 Å². The molecule has 0 saturated carbocycles. The van der Waals surface area contributed by atoms with Gasteiger partial charge < -0.3 is 5.32 Å². The van der Waals surface area contributed by atoms with Gasteiger partial charge in [0.1, 0.15) is 0 Å². The van der Waals surface area contributed by atoms with Gasteiger partial charge in [-0.2, -0.15) is 0 Å². The maximum absolute atomic E-state index is 12.6. The molecule has 2 rings (SSSR count). The highest BCUT2D eigenvalue weighted by Gasteiger charge is 2.20. The smallest absolute Gasteiger partial charge is 0.264 e. The highest BCUT2D eigenvalue weighted by atomic mass is 32.2. The van der Waals surface area contributed by atoms with E-state index in [1.165, 1.54) is 11.4 Å². The standard InChI is InChI=1S/C20H26N2O3S/c1-4-8-16(2)21-20(23)15-17-11-13-18(14-12-17)22(3)26(24,25)19-9-6-5-7-10-19/h5-7,9-14,16H,4,8,15H2,1-3H3,(H,21,23)/t16-/m0/s1. The molecular formula is C20H26N2O3S. The first-order valence-electron chi connectivity index (χ1n) is 8.77. The van der Waals surface area contributed by atoms with Crippen molar-refractivity contribution in [1.29, 1.82) is 0 Å². The van der Waals surface area contributed by atoms with Gasteiger partial charge in [0, 0.05) is 13.1 Å². The Morgan fingerprint density at radius 2 is 1.69 bits per heavy atom. The van der Waals surface area contributed by atoms with Crippen molar-refractivity contribution in [2.75, 3.05) is 11.4 Å². The number of amides is 1. The predicted molar refractivity (Wildman–Crippen MR) is 105 cm³/mol. The molecule has 2 aromatic carbocycles. The second-order valence-electron chi connectivity index (χ2n) is 6.39. The number of sulfonamides is 1. The number of nitrogens with zero attached hydrogens (tertiary/aromatic N) is 1. The van der Waals surface area contributed by atoms with E-state index < -0.39 is 10.0 Å². The van der Waals surface area contributed by atoms with Gasteiger partial charge >= 0.3 is 0 Å². The number of carbonyl (C=O) groups excluding carboxylic acids is 1. The van der Waals surface area contributed by atoms with Gasteiger partial charge in [0.25, 0.3) is 10.0 Å². The number of anilines is 1. The maximum Gasteiger partial charge on any atom is 0.264 e. The molecule has 1 N–H and O–H groups in total. The summed E-state index contributed by atoms with van der Waals surface area (Å²) in [5, 5.41) is 2.97. The van der Waals surface area contributed by atoms with Crippen molar-refractivity contribution in [3.8, 4) is 0 Å². The van der Waals surface area contributed by atoms with Crippen molar-refractivity contribution in [2.45, 2.75) is 44.0 Å². The fourth-order valence-corrected chi connectivity index (χ4v) is 3.95. The summed E-state index contributed by atoms with van der Waals surface area (Å²) in [5.41, 5.74) is 1.40. The van der Waals surface area contributed by atoms with Crippen molar-refractivity contribution in [1.82, 2.24) is 5.32 Å². The van der Waals surface area contributed by atoms with Crippen molar-refractivity contribution in [3.63, 3.8) is 0 Å². The minimum absolute atomic E-state index is 0.0241. The molecular weight excluding hydrogens is 348 g/mol. The summed E-state index contributed by atoms with van der Waals surface area (Å²) < 4.78 is 26.5. The van der Waals surface area contributed by atoms with Crippen LogP contribution < -0.4 is 9.62 Å². The number of hydrogen-bond acceptors (Lipinski definition) is 3. The molecule has 140 valence electrons. The Balaban J connectivity index is 2.06. The third kappa shape index (κ3) is 5.08. The van der Waals surface area contributed by atoms with Crippen LogP contribution in [0.2, 0.25) is 0 Å². The van der Waals surface area contributed by atoms with E-state index in [2.05, 4.69) is 12.2 Å². The molecule has 0 radical (unpaired) electrons. The summed E-state index contributed by atoms with van der Waals surface area (Å²) in [4.78, 5) is 12.3. The largest absolute Gasteiger partial charge is 0.353 e. The van der Waals surface area contributed by atoms with Crippen LogP contribution in [-0.4, -0.2) is 27.4 Å². The van der Waals surface area contributed by atoms with Crippen LogP contribution in [0.4, 0.5) is 5.69 Å². The Kier molecular flexibility index (Phi) is 6.80. The topological polar surface area (TPSA) is 66.5 Å². The van der Waals surface area contributed by atoms with Gasteiger partial charge in [-0.3, -0.25) is 9.10 Å². The quantitative estimate of drug-likeness (QED) is 0.770. The highest BCUT2D eigenvalue weighted by molar-refractivity contribution is 7.92. The van der Waals surface area contributed by atoms with E-state index in [0.29, 0.717) is 5.69 Å². The minimum Gasteiger partial charge on any atom is -0.353 e. The molecule has 1 amide bonds. The molecule has 0 aliphatic rings. The summed E-state index contributed by atoms with van der Waals surface area (Å²) >= 11 is 0. The molecule has 0 aliphatic carbocycles. The zero-order valence-corrected chi connectivity index (χ0v) is 16.3. The molecule has 26 heavy (non-hydrogen) atoms. The molecule has 0 bridgehead atoms. The summed E-state index contributed by atoms with van der Waals surface area (Å²) in [5.74, 6) is -0.0241. The van der Waals surface area contributed by atoms with Crippen LogP contribution in [0.3, 0.4) is 0 Å². The molecule has 0 aromatic heterocycles. The van der Waals surface area contributed by atoms with Gasteiger partial charge in [-0.25, -0.2) is 8.42 Å². The normalized spacial score (nSPS) is 12.4. The van der Waals surface area contributed by atoms with Gasteiger partial charge in [0.15, 0.2) is 0 Å². The molecule has 0 aliphatic heterocycles. The zero-order valence-electron chi connectivity index (χ0n) is 15.5. The van der Waals surface area contributed by atoms with Gasteiger partial charge in [0.05, 0.1) is 17.0 Å².